The third kappa shape index (κ3) is 9.50. The Morgan fingerprint density at radius 3 is 2.22 bits per heavy atom. The van der Waals surface area contributed by atoms with Gasteiger partial charge in [-0.2, -0.15) is 5.26 Å². The highest BCUT2D eigenvalue weighted by Crippen LogP contribution is 2.34. The van der Waals surface area contributed by atoms with E-state index in [1.807, 2.05) is 44.2 Å². The number of carbonyl (C=O) groups is 4. The molecule has 0 saturated carbocycles. The van der Waals surface area contributed by atoms with Gasteiger partial charge in [-0.3, -0.25) is 9.59 Å². The van der Waals surface area contributed by atoms with Gasteiger partial charge in [-0.05, 0) is 79.8 Å². The fraction of sp³-hybridized carbons (Fsp3) is 0.465. The summed E-state index contributed by atoms with van der Waals surface area (Å²) in [7, 11) is 4.01. The number of fused-ring (bicyclic) bond motifs is 1. The van der Waals surface area contributed by atoms with Crippen molar-refractivity contribution in [1.29, 1.82) is 5.26 Å². The molecule has 2 aromatic heterocycles. The lowest BCUT2D eigenvalue weighted by molar-refractivity contribution is -0.137. The molecule has 0 bridgehead atoms. The molecule has 2 saturated heterocycles. The molecule has 3 unspecified atom stereocenters. The molecule has 4 aromatic rings. The summed E-state index contributed by atoms with van der Waals surface area (Å²) in [6.07, 6.45) is 4.06. The number of nitriles is 1. The van der Waals surface area contributed by atoms with Crippen molar-refractivity contribution in [3.05, 3.63) is 71.2 Å². The van der Waals surface area contributed by atoms with E-state index in [1.54, 1.807) is 22.9 Å². The number of H-pyrrole nitrogens is 2. The number of nitrogens with zero attached hydrogens (tertiary/aromatic N) is 5. The number of alkyl carbamates (subject to hydrolysis) is 2. The summed E-state index contributed by atoms with van der Waals surface area (Å²) in [5.41, 5.74) is 2.96. The largest absolute Gasteiger partial charge is 0.453 e. The van der Waals surface area contributed by atoms with Crippen LogP contribution in [0.4, 0.5) is 9.59 Å². The average Bonchev–Trinajstić information content (AvgIpc) is 4.10. The van der Waals surface area contributed by atoms with E-state index in [9.17, 15) is 24.4 Å². The number of hydrogen-bond acceptors (Lipinski definition) is 10. The Kier molecular flexibility index (Phi) is 13.5. The van der Waals surface area contributed by atoms with E-state index >= 15 is 0 Å². The predicted octanol–water partition coefficient (Wildman–Crippen LogP) is 5.47. The first kappa shape index (κ1) is 42.2. The number of rotatable bonds is 12. The Bertz CT molecular complexity index is 2280. The summed E-state index contributed by atoms with van der Waals surface area (Å²) in [5, 5.41) is 17.2. The maximum Gasteiger partial charge on any atom is 0.407 e. The number of likely N-dealkylation sites (tertiary alicyclic amines) is 2. The van der Waals surface area contributed by atoms with Gasteiger partial charge in [0.15, 0.2) is 5.69 Å². The van der Waals surface area contributed by atoms with Crippen LogP contribution in [0, 0.1) is 29.1 Å². The molecule has 16 heteroatoms. The molecular weight excluding hydrogens is 755 g/mol. The van der Waals surface area contributed by atoms with Crippen molar-refractivity contribution in [3.63, 3.8) is 0 Å². The molecule has 4 amide bonds. The van der Waals surface area contributed by atoms with E-state index in [4.69, 9.17) is 14.2 Å². The molecule has 4 heterocycles. The summed E-state index contributed by atoms with van der Waals surface area (Å²) < 4.78 is 14.9. The highest BCUT2D eigenvalue weighted by Gasteiger charge is 2.39. The van der Waals surface area contributed by atoms with Crippen LogP contribution in [0.1, 0.15) is 100.0 Å². The molecule has 0 spiro atoms. The van der Waals surface area contributed by atoms with E-state index in [1.165, 1.54) is 21.3 Å². The summed E-state index contributed by atoms with van der Waals surface area (Å²) in [6, 6.07) is 11.7. The number of aromatic amines is 2. The van der Waals surface area contributed by atoms with Gasteiger partial charge in [-0.1, -0.05) is 44.4 Å². The van der Waals surface area contributed by atoms with Gasteiger partial charge in [0.25, 0.3) is 0 Å². The summed E-state index contributed by atoms with van der Waals surface area (Å²) >= 11 is 0. The van der Waals surface area contributed by atoms with Gasteiger partial charge >= 0.3 is 12.2 Å². The van der Waals surface area contributed by atoms with Crippen LogP contribution in [-0.4, -0.2) is 106 Å². The minimum Gasteiger partial charge on any atom is -0.453 e. The highest BCUT2D eigenvalue weighted by atomic mass is 16.5. The van der Waals surface area contributed by atoms with Crippen molar-refractivity contribution >= 4 is 34.8 Å². The number of hydrogen-bond donors (Lipinski definition) is 4. The quantitative estimate of drug-likeness (QED) is 0.133. The van der Waals surface area contributed by atoms with Crippen molar-refractivity contribution in [2.24, 2.45) is 5.92 Å². The Hall–Kier alpha value is -6.39. The fourth-order valence-corrected chi connectivity index (χ4v) is 7.70. The zero-order valence-electron chi connectivity index (χ0n) is 34.3. The van der Waals surface area contributed by atoms with Crippen LogP contribution in [0.2, 0.25) is 0 Å². The number of carbonyl (C=O) groups excluding carboxylic acids is 4. The van der Waals surface area contributed by atoms with E-state index in [0.717, 1.165) is 53.3 Å². The molecule has 6 atom stereocenters. The summed E-state index contributed by atoms with van der Waals surface area (Å²) in [5.74, 6) is 7.12. The molecule has 4 N–H and O–H groups in total. The molecule has 0 radical (unpaired) electrons. The Balaban J connectivity index is 1.17. The van der Waals surface area contributed by atoms with Gasteiger partial charge < -0.3 is 44.6 Å². The molecule has 2 aliphatic heterocycles. The molecule has 2 aliphatic rings. The van der Waals surface area contributed by atoms with Gasteiger partial charge in [0, 0.05) is 31.3 Å². The molecule has 2 aromatic carbocycles. The highest BCUT2D eigenvalue weighted by molar-refractivity contribution is 5.89. The molecule has 59 heavy (non-hydrogen) atoms. The van der Waals surface area contributed by atoms with Crippen LogP contribution in [0.15, 0.2) is 42.6 Å². The van der Waals surface area contributed by atoms with Crippen molar-refractivity contribution in [2.45, 2.75) is 89.6 Å². The fourth-order valence-electron chi connectivity index (χ4n) is 7.70. The maximum atomic E-state index is 13.8. The van der Waals surface area contributed by atoms with Crippen molar-refractivity contribution in [1.82, 2.24) is 40.4 Å². The first-order chi connectivity index (χ1) is 28.5. The molecule has 16 nitrogen and oxygen atoms in total. The minimum atomic E-state index is -0.917. The second-order valence-corrected chi connectivity index (χ2v) is 15.0. The predicted molar refractivity (Wildman–Crippen MR) is 217 cm³/mol. The number of amides is 4. The Labute approximate surface area is 343 Å². The third-order valence-corrected chi connectivity index (χ3v) is 11.3. The van der Waals surface area contributed by atoms with Crippen LogP contribution < -0.4 is 10.6 Å². The number of imidazole rings is 2. The standard InChI is InChI=1S/C43H51N9O7/c1-7-25(2)20-32(49-42(55)58-5)40(53)51-18-9-11-36(51)39-46-31(33(23-44)47-39)17-13-27-12-14-29-22-30(16-15-28(29)21-27)34-24-45-38(48-34)35-10-8-19-52(35)41(54)37(26(3)57-4)50-43(56)59-6/h12,14-16,21-22,24-26,32,35-37H,7-11,18-20H2,1-6H3,(H,45,48)(H,46,47)(H,49,55)(H,50,56)/t25-,26+,32-,35?,36?,37?/m0/s1. The van der Waals surface area contributed by atoms with Crippen molar-refractivity contribution in [2.75, 3.05) is 34.4 Å². The smallest absolute Gasteiger partial charge is 0.407 e. The lowest BCUT2D eigenvalue weighted by atomic mass is 9.98. The lowest BCUT2D eigenvalue weighted by Gasteiger charge is -2.30. The zero-order chi connectivity index (χ0) is 42.2. The van der Waals surface area contributed by atoms with E-state index < -0.39 is 36.4 Å². The monoisotopic (exact) mass is 805 g/mol. The second-order valence-electron chi connectivity index (χ2n) is 15.0. The first-order valence-corrected chi connectivity index (χ1v) is 19.9. The lowest BCUT2D eigenvalue weighted by Crippen LogP contribution is -2.54. The molecule has 2 fully saturated rings. The van der Waals surface area contributed by atoms with Crippen LogP contribution in [-0.2, 0) is 23.8 Å². The normalized spacial score (nSPS) is 18.3. The molecule has 310 valence electrons. The number of methoxy groups -OCH3 is 3. The topological polar surface area (TPSA) is 208 Å². The van der Waals surface area contributed by atoms with Gasteiger partial charge in [-0.25, -0.2) is 19.6 Å². The first-order valence-electron chi connectivity index (χ1n) is 19.9. The van der Waals surface area contributed by atoms with Gasteiger partial charge in [0.1, 0.15) is 35.5 Å². The van der Waals surface area contributed by atoms with Crippen molar-refractivity contribution < 1.29 is 33.4 Å². The summed E-state index contributed by atoms with van der Waals surface area (Å²) in [4.78, 5) is 70.9. The Morgan fingerprint density at radius 2 is 1.54 bits per heavy atom. The maximum absolute atomic E-state index is 13.8. The Morgan fingerprint density at radius 1 is 0.881 bits per heavy atom. The number of nitrogens with one attached hydrogen (secondary N) is 4. The van der Waals surface area contributed by atoms with Crippen molar-refractivity contribution in [3.8, 4) is 29.2 Å². The van der Waals surface area contributed by atoms with Crippen LogP contribution in [0.25, 0.3) is 22.0 Å². The van der Waals surface area contributed by atoms with E-state index in [0.29, 0.717) is 43.3 Å². The molecule has 0 aliphatic carbocycles. The van der Waals surface area contributed by atoms with Gasteiger partial charge in [0.05, 0.1) is 44.3 Å². The van der Waals surface area contributed by atoms with Crippen LogP contribution >= 0.6 is 0 Å². The average molecular weight is 806 g/mol. The number of benzene rings is 2. The van der Waals surface area contributed by atoms with Crippen LogP contribution in [0.5, 0.6) is 0 Å². The molecule has 6 rings (SSSR count). The molecular formula is C43H51N9O7. The second kappa shape index (κ2) is 18.9. The van der Waals surface area contributed by atoms with Gasteiger partial charge in [-0.15, -0.1) is 0 Å². The van der Waals surface area contributed by atoms with Gasteiger partial charge in [0.2, 0.25) is 11.8 Å². The third-order valence-electron chi connectivity index (χ3n) is 11.3. The number of aromatic nitrogens is 4. The SMILES string of the molecule is CC[C@H](C)C[C@H](NC(=O)OC)C(=O)N1CCCC1c1nc(C#N)c(C#Cc2ccc3cc(-c4cnc(C5CCCN5C(=O)C(NC(=O)OC)[C@@H](C)OC)[nH]4)ccc3c2)[nH]1. The minimum absolute atomic E-state index is 0.146. The van der Waals surface area contributed by atoms with E-state index in [2.05, 4.69) is 54.5 Å². The summed E-state index contributed by atoms with van der Waals surface area (Å²) in [6.45, 7) is 6.82. The zero-order valence-corrected chi connectivity index (χ0v) is 34.3. The number of ether oxygens (including phenoxy) is 3. The van der Waals surface area contributed by atoms with E-state index in [-0.39, 0.29) is 29.5 Å². The van der Waals surface area contributed by atoms with Crippen LogP contribution in [0.3, 0.4) is 0 Å².